The number of hydrogen-bond acceptors (Lipinski definition) is 3. The van der Waals surface area contributed by atoms with Crippen molar-refractivity contribution < 1.29 is 9.59 Å². The van der Waals surface area contributed by atoms with E-state index in [0.29, 0.717) is 22.0 Å². The number of pyridine rings is 1. The lowest BCUT2D eigenvalue weighted by Gasteiger charge is -2.19. The summed E-state index contributed by atoms with van der Waals surface area (Å²) in [5.41, 5.74) is 3.31. The van der Waals surface area contributed by atoms with Crippen LogP contribution in [0.3, 0.4) is 0 Å². The Balaban J connectivity index is 1.96. The molecule has 124 valence electrons. The molecule has 0 saturated carbocycles. The van der Waals surface area contributed by atoms with Crippen molar-refractivity contribution in [3.8, 4) is 0 Å². The van der Waals surface area contributed by atoms with E-state index in [-0.39, 0.29) is 33.5 Å². The Bertz CT molecular complexity index is 1350. The van der Waals surface area contributed by atoms with Gasteiger partial charge < -0.3 is 4.98 Å². The van der Waals surface area contributed by atoms with Gasteiger partial charge in [-0.15, -0.1) is 0 Å². The van der Waals surface area contributed by atoms with Crippen LogP contribution in [-0.2, 0) is 0 Å². The Hall–Kier alpha value is -3.53. The highest BCUT2D eigenvalue weighted by Crippen LogP contribution is 2.31. The maximum Gasteiger partial charge on any atom is 0.197 e. The summed E-state index contributed by atoms with van der Waals surface area (Å²) in [5.74, 6) is -0.502. The van der Waals surface area contributed by atoms with E-state index < -0.39 is 0 Å². The SMILES string of the molecule is Cc1ccc2c(=O)c3c4c(ccc3[nH]c2c1)C(=O)c1ccccc1C4=O. The fourth-order valence-electron chi connectivity index (χ4n) is 3.77. The van der Waals surface area contributed by atoms with Gasteiger partial charge in [0.2, 0.25) is 0 Å². The van der Waals surface area contributed by atoms with E-state index >= 15 is 0 Å². The average molecular weight is 339 g/mol. The van der Waals surface area contributed by atoms with Crippen LogP contribution in [0.5, 0.6) is 0 Å². The van der Waals surface area contributed by atoms with Crippen molar-refractivity contribution in [3.63, 3.8) is 0 Å². The molecule has 0 bridgehead atoms. The van der Waals surface area contributed by atoms with Gasteiger partial charge in [-0.25, -0.2) is 0 Å². The van der Waals surface area contributed by atoms with E-state index in [4.69, 9.17) is 0 Å². The van der Waals surface area contributed by atoms with Gasteiger partial charge in [-0.05, 0) is 36.8 Å². The van der Waals surface area contributed by atoms with E-state index in [1.165, 1.54) is 0 Å². The van der Waals surface area contributed by atoms with Crippen molar-refractivity contribution >= 4 is 33.4 Å². The van der Waals surface area contributed by atoms with Gasteiger partial charge in [-0.2, -0.15) is 0 Å². The number of hydrogen-bond donors (Lipinski definition) is 1. The molecule has 1 aromatic heterocycles. The summed E-state index contributed by atoms with van der Waals surface area (Å²) in [6.45, 7) is 1.95. The molecule has 3 aromatic carbocycles. The third-order valence-corrected chi connectivity index (χ3v) is 5.01. The first-order valence-corrected chi connectivity index (χ1v) is 8.34. The number of aromatic nitrogens is 1. The fourth-order valence-corrected chi connectivity index (χ4v) is 3.77. The number of aryl methyl sites for hydroxylation is 1. The van der Waals surface area contributed by atoms with Crippen LogP contribution in [0.4, 0.5) is 0 Å². The largest absolute Gasteiger partial charge is 0.354 e. The minimum absolute atomic E-state index is 0.204. The van der Waals surface area contributed by atoms with Crippen molar-refractivity contribution in [1.29, 1.82) is 0 Å². The first kappa shape index (κ1) is 14.8. The molecule has 0 aliphatic heterocycles. The Morgan fingerprint density at radius 3 is 2.23 bits per heavy atom. The molecular weight excluding hydrogens is 326 g/mol. The monoisotopic (exact) mass is 339 g/mol. The number of fused-ring (bicyclic) bond motifs is 5. The van der Waals surface area contributed by atoms with Gasteiger partial charge in [0.25, 0.3) is 0 Å². The number of ketones is 2. The first-order chi connectivity index (χ1) is 12.6. The summed E-state index contributed by atoms with van der Waals surface area (Å²) < 4.78 is 0. The van der Waals surface area contributed by atoms with Gasteiger partial charge in [0.05, 0.1) is 10.9 Å². The van der Waals surface area contributed by atoms with Gasteiger partial charge in [0, 0.05) is 33.2 Å². The zero-order valence-corrected chi connectivity index (χ0v) is 13.9. The van der Waals surface area contributed by atoms with Crippen LogP contribution in [-0.4, -0.2) is 16.6 Å². The first-order valence-electron chi connectivity index (χ1n) is 8.34. The Labute approximate surface area is 148 Å². The van der Waals surface area contributed by atoms with E-state index in [0.717, 1.165) is 11.1 Å². The van der Waals surface area contributed by atoms with E-state index in [1.54, 1.807) is 42.5 Å². The molecule has 4 nitrogen and oxygen atoms in total. The molecule has 1 N–H and O–H groups in total. The van der Waals surface area contributed by atoms with Gasteiger partial charge in [0.15, 0.2) is 17.0 Å². The highest BCUT2D eigenvalue weighted by Gasteiger charge is 2.32. The lowest BCUT2D eigenvalue weighted by atomic mass is 9.82. The van der Waals surface area contributed by atoms with Gasteiger partial charge in [-0.1, -0.05) is 30.3 Å². The van der Waals surface area contributed by atoms with Crippen molar-refractivity contribution in [1.82, 2.24) is 4.98 Å². The van der Waals surface area contributed by atoms with Crippen molar-refractivity contribution in [2.45, 2.75) is 6.92 Å². The molecule has 0 fully saturated rings. The summed E-state index contributed by atoms with van der Waals surface area (Å²) in [5, 5.41) is 0.794. The number of rotatable bonds is 0. The normalized spacial score (nSPS) is 13.1. The predicted octanol–water partition coefficient (Wildman–Crippen LogP) is 3.77. The van der Waals surface area contributed by atoms with Crippen molar-refractivity contribution in [2.75, 3.05) is 0 Å². The lowest BCUT2D eigenvalue weighted by Crippen LogP contribution is -2.23. The minimum Gasteiger partial charge on any atom is -0.354 e. The number of carbonyl (C=O) groups excluding carboxylic acids is 2. The fraction of sp³-hybridized carbons (Fsp3) is 0.0455. The highest BCUT2D eigenvalue weighted by atomic mass is 16.1. The van der Waals surface area contributed by atoms with E-state index in [2.05, 4.69) is 4.98 Å². The molecule has 0 spiro atoms. The Morgan fingerprint density at radius 2 is 1.46 bits per heavy atom. The van der Waals surface area contributed by atoms with Gasteiger partial charge >= 0.3 is 0 Å². The number of benzene rings is 3. The lowest BCUT2D eigenvalue weighted by molar-refractivity contribution is 0.0980. The maximum atomic E-state index is 13.2. The quantitative estimate of drug-likeness (QED) is 0.437. The van der Waals surface area contributed by atoms with Crippen LogP contribution in [0.2, 0.25) is 0 Å². The molecule has 0 atom stereocenters. The van der Waals surface area contributed by atoms with E-state index in [9.17, 15) is 14.4 Å². The number of H-pyrrole nitrogens is 1. The summed E-state index contributed by atoms with van der Waals surface area (Å²) in [4.78, 5) is 42.3. The molecule has 0 radical (unpaired) electrons. The Kier molecular flexibility index (Phi) is 2.84. The standard InChI is InChI=1S/C22H13NO3/c1-11-6-7-14-17(10-11)23-16-9-8-15-18(19(16)22(14)26)21(25)13-5-3-2-4-12(13)20(15)24/h2-10H,1H3,(H,23,26). The minimum atomic E-state index is -0.280. The van der Waals surface area contributed by atoms with Crippen molar-refractivity contribution in [3.05, 3.63) is 92.6 Å². The predicted molar refractivity (Wildman–Crippen MR) is 100 cm³/mol. The molecule has 1 aliphatic carbocycles. The van der Waals surface area contributed by atoms with Crippen LogP contribution in [0.25, 0.3) is 21.8 Å². The third kappa shape index (κ3) is 1.81. The molecule has 4 heteroatoms. The van der Waals surface area contributed by atoms with Crippen molar-refractivity contribution in [2.24, 2.45) is 0 Å². The molecule has 1 aliphatic rings. The summed E-state index contributed by atoms with van der Waals surface area (Å²) in [6, 6.07) is 15.6. The zero-order chi connectivity index (χ0) is 18.0. The molecule has 4 aromatic rings. The molecule has 26 heavy (non-hydrogen) atoms. The molecule has 1 heterocycles. The molecule has 0 saturated heterocycles. The van der Waals surface area contributed by atoms with Gasteiger partial charge in [0.1, 0.15) is 0 Å². The van der Waals surface area contributed by atoms with Crippen LogP contribution in [0.15, 0.2) is 59.4 Å². The molecule has 0 amide bonds. The van der Waals surface area contributed by atoms with E-state index in [1.807, 2.05) is 19.1 Å². The second kappa shape index (κ2) is 4.99. The van der Waals surface area contributed by atoms with Crippen LogP contribution in [0, 0.1) is 6.92 Å². The van der Waals surface area contributed by atoms with Crippen LogP contribution >= 0.6 is 0 Å². The topological polar surface area (TPSA) is 67.0 Å². The number of carbonyl (C=O) groups is 2. The molecule has 0 unspecified atom stereocenters. The zero-order valence-electron chi connectivity index (χ0n) is 13.9. The van der Waals surface area contributed by atoms with Gasteiger partial charge in [-0.3, -0.25) is 14.4 Å². The Morgan fingerprint density at radius 1 is 0.731 bits per heavy atom. The molecular formula is C22H13NO3. The number of nitrogens with one attached hydrogen (secondary N) is 1. The molecule has 5 rings (SSSR count). The summed E-state index contributed by atoms with van der Waals surface area (Å²) >= 11 is 0. The van der Waals surface area contributed by atoms with Crippen LogP contribution in [0.1, 0.15) is 37.4 Å². The average Bonchev–Trinajstić information content (AvgIpc) is 2.65. The van der Waals surface area contributed by atoms with Crippen LogP contribution < -0.4 is 5.43 Å². The smallest absolute Gasteiger partial charge is 0.197 e. The number of aromatic amines is 1. The highest BCUT2D eigenvalue weighted by molar-refractivity contribution is 6.32. The third-order valence-electron chi connectivity index (χ3n) is 5.01. The summed E-state index contributed by atoms with van der Waals surface area (Å²) in [6.07, 6.45) is 0. The second-order valence-corrected chi connectivity index (χ2v) is 6.62. The second-order valence-electron chi connectivity index (χ2n) is 6.62. The maximum absolute atomic E-state index is 13.2. The summed E-state index contributed by atoms with van der Waals surface area (Å²) in [7, 11) is 0.